The summed E-state index contributed by atoms with van der Waals surface area (Å²) in [6, 6.07) is 16.2. The third-order valence-electron chi connectivity index (χ3n) is 6.70. The number of nitro benzene ring substituents is 1. The van der Waals surface area contributed by atoms with Gasteiger partial charge in [-0.15, -0.1) is 0 Å². The number of benzene rings is 1. The smallest absolute Gasteiger partial charge is 0.271 e. The molecule has 0 bridgehead atoms. The largest absolute Gasteiger partial charge is 0.495 e. The van der Waals surface area contributed by atoms with Crippen LogP contribution in [0.3, 0.4) is 0 Å². The van der Waals surface area contributed by atoms with E-state index in [1.165, 1.54) is 6.07 Å². The van der Waals surface area contributed by atoms with Crippen LogP contribution < -0.4 is 10.1 Å². The fraction of sp³-hybridized carbons (Fsp3) is 0.222. The lowest BCUT2D eigenvalue weighted by Gasteiger charge is -2.28. The Labute approximate surface area is 219 Å². The molecular formula is C27H26N6O3S. The zero-order valence-electron chi connectivity index (χ0n) is 20.7. The molecule has 1 fully saturated rings. The lowest BCUT2D eigenvalue weighted by Crippen LogP contribution is -2.29. The highest BCUT2D eigenvalue weighted by Crippen LogP contribution is 2.43. The molecular weight excluding hydrogens is 488 g/mol. The monoisotopic (exact) mass is 514 g/mol. The summed E-state index contributed by atoms with van der Waals surface area (Å²) in [6.45, 7) is 4.59. The second-order valence-corrected chi connectivity index (χ2v) is 9.27. The van der Waals surface area contributed by atoms with Gasteiger partial charge in [-0.2, -0.15) is 0 Å². The van der Waals surface area contributed by atoms with Crippen molar-refractivity contribution in [1.29, 1.82) is 0 Å². The number of nitrogens with one attached hydrogen (secondary N) is 1. The maximum atomic E-state index is 11.5. The zero-order chi connectivity index (χ0) is 26.1. The van der Waals surface area contributed by atoms with E-state index in [-0.39, 0.29) is 17.8 Å². The van der Waals surface area contributed by atoms with Crippen LogP contribution in [0.2, 0.25) is 0 Å². The van der Waals surface area contributed by atoms with Crippen molar-refractivity contribution >= 4 is 23.0 Å². The lowest BCUT2D eigenvalue weighted by atomic mass is 9.96. The van der Waals surface area contributed by atoms with Crippen LogP contribution in [-0.2, 0) is 6.54 Å². The van der Waals surface area contributed by atoms with E-state index in [2.05, 4.69) is 26.3 Å². The summed E-state index contributed by atoms with van der Waals surface area (Å²) in [5, 5.41) is 15.7. The van der Waals surface area contributed by atoms with Gasteiger partial charge in [0.15, 0.2) is 5.11 Å². The summed E-state index contributed by atoms with van der Waals surface area (Å²) in [4.78, 5) is 22.1. The number of pyridine rings is 2. The first-order chi connectivity index (χ1) is 17.9. The van der Waals surface area contributed by atoms with E-state index in [1.807, 2.05) is 48.7 Å². The molecule has 1 N–H and O–H groups in total. The number of methoxy groups -OCH3 is 1. The molecule has 1 aromatic carbocycles. The minimum Gasteiger partial charge on any atom is -0.495 e. The Morgan fingerprint density at radius 1 is 1.11 bits per heavy atom. The van der Waals surface area contributed by atoms with Gasteiger partial charge in [0, 0.05) is 48.7 Å². The Bertz CT molecular complexity index is 1460. The maximum absolute atomic E-state index is 11.5. The number of ether oxygens (including phenoxy) is 1. The summed E-state index contributed by atoms with van der Waals surface area (Å²) >= 11 is 5.83. The van der Waals surface area contributed by atoms with Gasteiger partial charge in [-0.05, 0) is 73.6 Å². The molecule has 2 unspecified atom stereocenters. The Kier molecular flexibility index (Phi) is 6.58. The minimum atomic E-state index is -0.398. The first-order valence-corrected chi connectivity index (χ1v) is 12.2. The molecule has 188 valence electrons. The highest BCUT2D eigenvalue weighted by molar-refractivity contribution is 7.80. The molecule has 1 aliphatic heterocycles. The van der Waals surface area contributed by atoms with Crippen molar-refractivity contribution in [1.82, 2.24) is 24.8 Å². The number of thiocarbonyl (C=S) groups is 1. The van der Waals surface area contributed by atoms with E-state index in [4.69, 9.17) is 17.0 Å². The van der Waals surface area contributed by atoms with Gasteiger partial charge in [0.2, 0.25) is 0 Å². The number of nitrogens with zero attached hydrogens (tertiary/aromatic N) is 5. The molecule has 4 aromatic rings. The summed E-state index contributed by atoms with van der Waals surface area (Å²) < 4.78 is 7.59. The summed E-state index contributed by atoms with van der Waals surface area (Å²) in [6.07, 6.45) is 5.32. The normalized spacial score (nSPS) is 17.1. The lowest BCUT2D eigenvalue weighted by molar-refractivity contribution is -0.384. The van der Waals surface area contributed by atoms with Crippen molar-refractivity contribution < 1.29 is 9.66 Å². The summed E-state index contributed by atoms with van der Waals surface area (Å²) in [7, 11) is 1.56. The standard InChI is InChI=1S/C27H26N6O3S/c1-17-14-21(18(2)32(17)23-15-20(33(34)35)7-8-24(23)36-3)26-25(22-6-4-5-11-29-22)30-27(37)31(26)16-19-9-12-28-13-10-19/h4-15,25-26H,16H2,1-3H3,(H,30,37). The van der Waals surface area contributed by atoms with Gasteiger partial charge in [-0.1, -0.05) is 6.07 Å². The first-order valence-electron chi connectivity index (χ1n) is 11.8. The molecule has 3 aromatic heterocycles. The van der Waals surface area contributed by atoms with Crippen molar-refractivity contribution in [3.05, 3.63) is 112 Å². The highest BCUT2D eigenvalue weighted by atomic mass is 32.1. The maximum Gasteiger partial charge on any atom is 0.271 e. The average molecular weight is 515 g/mol. The second-order valence-electron chi connectivity index (χ2n) is 8.89. The fourth-order valence-corrected chi connectivity index (χ4v) is 5.33. The van der Waals surface area contributed by atoms with Crippen molar-refractivity contribution in [2.45, 2.75) is 32.5 Å². The van der Waals surface area contributed by atoms with Crippen LogP contribution >= 0.6 is 12.2 Å². The number of nitro groups is 1. The molecule has 0 aliphatic carbocycles. The van der Waals surface area contributed by atoms with Gasteiger partial charge in [0.05, 0.1) is 35.5 Å². The van der Waals surface area contributed by atoms with Gasteiger partial charge in [-0.3, -0.25) is 20.1 Å². The van der Waals surface area contributed by atoms with Crippen LogP contribution in [0.15, 0.2) is 73.2 Å². The Morgan fingerprint density at radius 2 is 1.89 bits per heavy atom. The van der Waals surface area contributed by atoms with E-state index in [1.54, 1.807) is 37.8 Å². The van der Waals surface area contributed by atoms with E-state index in [9.17, 15) is 10.1 Å². The molecule has 1 aliphatic rings. The molecule has 2 atom stereocenters. The predicted molar refractivity (Wildman–Crippen MR) is 144 cm³/mol. The molecule has 0 amide bonds. The number of non-ortho nitro benzene ring substituents is 1. The quantitative estimate of drug-likeness (QED) is 0.210. The fourth-order valence-electron chi connectivity index (χ4n) is 5.02. The van der Waals surface area contributed by atoms with Gasteiger partial charge >= 0.3 is 0 Å². The molecule has 0 radical (unpaired) electrons. The zero-order valence-corrected chi connectivity index (χ0v) is 21.5. The topological polar surface area (TPSA) is 98.3 Å². The Balaban J connectivity index is 1.66. The Morgan fingerprint density at radius 3 is 2.57 bits per heavy atom. The molecule has 9 nitrogen and oxygen atoms in total. The van der Waals surface area contributed by atoms with E-state index < -0.39 is 4.92 Å². The number of aryl methyl sites for hydroxylation is 1. The minimum absolute atomic E-state index is 0.000707. The Hall–Kier alpha value is -4.31. The third kappa shape index (κ3) is 4.51. The molecule has 0 saturated carbocycles. The van der Waals surface area contributed by atoms with Crippen molar-refractivity contribution in [2.75, 3.05) is 7.11 Å². The summed E-state index contributed by atoms with van der Waals surface area (Å²) in [5.41, 5.74) is 5.48. The molecule has 0 spiro atoms. The molecule has 10 heteroatoms. The highest BCUT2D eigenvalue weighted by Gasteiger charge is 2.41. The summed E-state index contributed by atoms with van der Waals surface area (Å²) in [5.74, 6) is 0.550. The van der Waals surface area contributed by atoms with Crippen LogP contribution in [0.5, 0.6) is 5.75 Å². The molecule has 1 saturated heterocycles. The second kappa shape index (κ2) is 9.98. The van der Waals surface area contributed by atoms with E-state index >= 15 is 0 Å². The third-order valence-corrected chi connectivity index (χ3v) is 7.06. The van der Waals surface area contributed by atoms with Gasteiger partial charge in [0.1, 0.15) is 5.75 Å². The SMILES string of the molecule is COc1ccc([N+](=O)[O-])cc1-n1c(C)cc(C2C(c3ccccn3)NC(=S)N2Cc2ccncc2)c1C. The van der Waals surface area contributed by atoms with Gasteiger partial charge < -0.3 is 19.5 Å². The van der Waals surface area contributed by atoms with Crippen molar-refractivity contribution in [3.63, 3.8) is 0 Å². The molecule has 37 heavy (non-hydrogen) atoms. The van der Waals surface area contributed by atoms with Crippen LogP contribution in [0.1, 0.15) is 40.3 Å². The van der Waals surface area contributed by atoms with Crippen LogP contribution in [0.25, 0.3) is 5.69 Å². The number of aromatic nitrogens is 3. The molecule has 5 rings (SSSR count). The van der Waals surface area contributed by atoms with Crippen LogP contribution in [-0.4, -0.2) is 36.6 Å². The van der Waals surface area contributed by atoms with Crippen molar-refractivity contribution in [2.24, 2.45) is 0 Å². The van der Waals surface area contributed by atoms with E-state index in [0.29, 0.717) is 23.1 Å². The van der Waals surface area contributed by atoms with Gasteiger partial charge in [-0.25, -0.2) is 0 Å². The number of rotatable bonds is 7. The number of hydrogen-bond acceptors (Lipinski definition) is 6. The van der Waals surface area contributed by atoms with E-state index in [0.717, 1.165) is 28.2 Å². The van der Waals surface area contributed by atoms with Gasteiger partial charge in [0.25, 0.3) is 5.69 Å². The predicted octanol–water partition coefficient (Wildman–Crippen LogP) is 4.97. The first kappa shape index (κ1) is 24.4. The van der Waals surface area contributed by atoms with Crippen LogP contribution in [0.4, 0.5) is 5.69 Å². The molecule has 4 heterocycles. The average Bonchev–Trinajstić information content (AvgIpc) is 3.39. The van der Waals surface area contributed by atoms with Crippen molar-refractivity contribution in [3.8, 4) is 11.4 Å². The van der Waals surface area contributed by atoms with Crippen LogP contribution in [0, 0.1) is 24.0 Å². The number of hydrogen-bond donors (Lipinski definition) is 1.